The second-order valence-corrected chi connectivity index (χ2v) is 11.1. The van der Waals surface area contributed by atoms with Crippen molar-refractivity contribution >= 4 is 17.5 Å². The minimum Gasteiger partial charge on any atom is -0.493 e. The molecule has 1 saturated carbocycles. The molecule has 0 aromatic heterocycles. The topological polar surface area (TPSA) is 89.9 Å². The molecule has 2 amide bonds. The van der Waals surface area contributed by atoms with Crippen LogP contribution in [0.25, 0.3) is 0 Å². The Labute approximate surface area is 238 Å². The molecule has 0 atom stereocenters. The summed E-state index contributed by atoms with van der Waals surface area (Å²) in [4.78, 5) is 28.5. The summed E-state index contributed by atoms with van der Waals surface area (Å²) in [5.74, 6) is 1.27. The molecule has 0 spiro atoms. The number of carbonyl (C=O) groups is 2. The molecule has 2 fully saturated rings. The van der Waals surface area contributed by atoms with E-state index in [2.05, 4.69) is 4.74 Å². The van der Waals surface area contributed by atoms with Gasteiger partial charge in [0.25, 0.3) is 11.8 Å². The summed E-state index contributed by atoms with van der Waals surface area (Å²) in [5.41, 5.74) is 0.913. The first-order valence-corrected chi connectivity index (χ1v) is 13.8. The molecule has 0 radical (unpaired) electrons. The second-order valence-electron chi connectivity index (χ2n) is 11.1. The Morgan fingerprint density at radius 3 is 2.29 bits per heavy atom. The van der Waals surface area contributed by atoms with E-state index in [1.807, 2.05) is 26.0 Å². The summed E-state index contributed by atoms with van der Waals surface area (Å²) >= 11 is 0. The van der Waals surface area contributed by atoms with Crippen LogP contribution in [0.15, 0.2) is 41.5 Å². The minimum absolute atomic E-state index is 0.0887. The minimum atomic E-state index is -2.99. The van der Waals surface area contributed by atoms with Gasteiger partial charge >= 0.3 is 6.61 Å². The van der Waals surface area contributed by atoms with Gasteiger partial charge in [0.1, 0.15) is 0 Å². The molecule has 41 heavy (non-hydrogen) atoms. The zero-order valence-corrected chi connectivity index (χ0v) is 23.7. The maximum Gasteiger partial charge on any atom is 0.387 e. The van der Waals surface area contributed by atoms with Crippen molar-refractivity contribution < 1.29 is 37.3 Å². The van der Waals surface area contributed by atoms with E-state index in [0.717, 1.165) is 18.4 Å². The van der Waals surface area contributed by atoms with E-state index in [4.69, 9.17) is 19.3 Å². The fourth-order valence-corrected chi connectivity index (χ4v) is 5.25. The fraction of sp³-hybridized carbons (Fsp3) is 0.500. The molecule has 0 bridgehead atoms. The molecule has 3 aliphatic rings. The highest BCUT2D eigenvalue weighted by Crippen LogP contribution is 2.38. The lowest BCUT2D eigenvalue weighted by atomic mass is 9.83. The average Bonchev–Trinajstić information content (AvgIpc) is 3.77. The molecule has 0 N–H and O–H groups in total. The molecule has 2 aliphatic heterocycles. The predicted octanol–water partition coefficient (Wildman–Crippen LogP) is 4.97. The molecule has 1 aliphatic carbocycles. The summed E-state index contributed by atoms with van der Waals surface area (Å²) in [7, 11) is 3.12. The maximum absolute atomic E-state index is 13.5. The van der Waals surface area contributed by atoms with Crippen LogP contribution in [0.1, 0.15) is 55.5 Å². The molecule has 11 heteroatoms. The summed E-state index contributed by atoms with van der Waals surface area (Å²) in [6.07, 6.45) is 3.17. The number of piperidine rings is 1. The van der Waals surface area contributed by atoms with Crippen LogP contribution in [0.2, 0.25) is 0 Å². The maximum atomic E-state index is 13.5. The molecule has 2 heterocycles. The number of halogens is 2. The third kappa shape index (κ3) is 5.94. The number of hydrogen-bond donors (Lipinski definition) is 0. The van der Waals surface area contributed by atoms with Gasteiger partial charge in [-0.25, -0.2) is 5.01 Å². The monoisotopic (exact) mass is 571 g/mol. The lowest BCUT2D eigenvalue weighted by Crippen LogP contribution is -2.47. The second kappa shape index (κ2) is 11.5. The number of amides is 2. The van der Waals surface area contributed by atoms with Gasteiger partial charge in [-0.05, 0) is 81.8 Å². The number of likely N-dealkylation sites (tertiary alicyclic amines) is 1. The van der Waals surface area contributed by atoms with Crippen molar-refractivity contribution in [2.75, 3.05) is 33.9 Å². The number of ether oxygens (including phenoxy) is 4. The van der Waals surface area contributed by atoms with Crippen LogP contribution >= 0.6 is 0 Å². The summed E-state index contributed by atoms with van der Waals surface area (Å²) in [6, 6.07) is 9.60. The highest BCUT2D eigenvalue weighted by Gasteiger charge is 2.47. The first-order valence-electron chi connectivity index (χ1n) is 13.8. The molecular weight excluding hydrogens is 536 g/mol. The number of methoxy groups -OCH3 is 2. The first-order chi connectivity index (χ1) is 19.6. The Kier molecular flexibility index (Phi) is 8.06. The Morgan fingerprint density at radius 1 is 0.976 bits per heavy atom. The highest BCUT2D eigenvalue weighted by atomic mass is 19.3. The van der Waals surface area contributed by atoms with Gasteiger partial charge in [0, 0.05) is 24.2 Å². The van der Waals surface area contributed by atoms with Crippen LogP contribution in [-0.4, -0.2) is 74.0 Å². The quantitative estimate of drug-likeness (QED) is 0.400. The Balaban J connectivity index is 1.28. The fourth-order valence-electron chi connectivity index (χ4n) is 5.25. The molecular formula is C30H35F2N3O6. The number of rotatable bonds is 10. The van der Waals surface area contributed by atoms with Crippen molar-refractivity contribution in [1.29, 1.82) is 0 Å². The van der Waals surface area contributed by atoms with E-state index >= 15 is 0 Å². The van der Waals surface area contributed by atoms with E-state index in [9.17, 15) is 18.4 Å². The van der Waals surface area contributed by atoms with Gasteiger partial charge in [-0.3, -0.25) is 9.59 Å². The summed E-state index contributed by atoms with van der Waals surface area (Å²) in [5, 5.41) is 6.33. The van der Waals surface area contributed by atoms with Crippen LogP contribution in [0.4, 0.5) is 8.78 Å². The normalized spacial score (nSPS) is 18.9. The first kappa shape index (κ1) is 28.6. The van der Waals surface area contributed by atoms with E-state index in [-0.39, 0.29) is 29.4 Å². The van der Waals surface area contributed by atoms with Gasteiger partial charge in [-0.15, -0.1) is 0 Å². The Hall–Kier alpha value is -3.89. The third-order valence-electron chi connectivity index (χ3n) is 7.88. The van der Waals surface area contributed by atoms with Crippen molar-refractivity contribution in [1.82, 2.24) is 9.91 Å². The van der Waals surface area contributed by atoms with E-state index < -0.39 is 12.0 Å². The average molecular weight is 572 g/mol. The van der Waals surface area contributed by atoms with Gasteiger partial charge in [0.2, 0.25) is 0 Å². The van der Waals surface area contributed by atoms with Crippen molar-refractivity contribution in [3.05, 3.63) is 47.5 Å². The molecule has 5 rings (SSSR count). The van der Waals surface area contributed by atoms with Gasteiger partial charge < -0.3 is 23.8 Å². The smallest absolute Gasteiger partial charge is 0.387 e. The van der Waals surface area contributed by atoms with Gasteiger partial charge in [-0.2, -0.15) is 13.9 Å². The summed E-state index contributed by atoms with van der Waals surface area (Å²) in [6.45, 7) is 1.95. The number of nitrogens with zero attached hydrogens (tertiary/aromatic N) is 3. The van der Waals surface area contributed by atoms with Crippen molar-refractivity contribution in [3.8, 4) is 23.0 Å². The zero-order chi connectivity index (χ0) is 29.3. The Morgan fingerprint density at radius 2 is 1.66 bits per heavy atom. The van der Waals surface area contributed by atoms with Crippen LogP contribution in [-0.2, 0) is 4.79 Å². The van der Waals surface area contributed by atoms with Crippen molar-refractivity contribution in [3.63, 3.8) is 0 Å². The highest BCUT2D eigenvalue weighted by molar-refractivity contribution is 6.19. The number of hydrazone groups is 1. The number of carbonyl (C=O) groups excluding carboxylic acids is 2. The van der Waals surface area contributed by atoms with Crippen LogP contribution in [0, 0.1) is 11.3 Å². The standard InChI is InChI=1S/C30H35F2N3O6/c1-30(2)26(19-7-9-22(38-3)24(15-19)39-4)33-35(28(30)37)21-11-13-34(14-12-21)27(36)20-8-10-23(41-29(31)32)25(16-20)40-17-18-5-6-18/h7-10,15-16,18,21,29H,5-6,11-14,17H2,1-4H3. The molecule has 1 saturated heterocycles. The number of alkyl halides is 2. The molecule has 9 nitrogen and oxygen atoms in total. The molecule has 0 unspecified atom stereocenters. The van der Waals surface area contributed by atoms with Crippen molar-refractivity contribution in [2.45, 2.75) is 52.2 Å². The zero-order valence-electron chi connectivity index (χ0n) is 23.7. The molecule has 220 valence electrons. The number of hydrogen-bond acceptors (Lipinski definition) is 7. The summed E-state index contributed by atoms with van der Waals surface area (Å²) < 4.78 is 46.9. The van der Waals surface area contributed by atoms with Crippen LogP contribution in [0.3, 0.4) is 0 Å². The van der Waals surface area contributed by atoms with Crippen LogP contribution < -0.4 is 18.9 Å². The van der Waals surface area contributed by atoms with Gasteiger partial charge in [0.15, 0.2) is 23.0 Å². The SMILES string of the molecule is COc1ccc(C2=NN(C3CCN(C(=O)c4ccc(OC(F)F)c(OCC5CC5)c4)CC3)C(=O)C2(C)C)cc1OC. The van der Waals surface area contributed by atoms with Gasteiger partial charge in [-0.1, -0.05) is 0 Å². The predicted molar refractivity (Wildman–Crippen MR) is 147 cm³/mol. The van der Waals surface area contributed by atoms with Gasteiger partial charge in [0.05, 0.1) is 38.0 Å². The van der Waals surface area contributed by atoms with E-state index in [1.165, 1.54) is 18.2 Å². The largest absolute Gasteiger partial charge is 0.493 e. The third-order valence-corrected chi connectivity index (χ3v) is 7.88. The van der Waals surface area contributed by atoms with E-state index in [1.54, 1.807) is 30.2 Å². The van der Waals surface area contributed by atoms with Crippen molar-refractivity contribution in [2.24, 2.45) is 16.4 Å². The Bertz CT molecular complexity index is 1340. The lowest BCUT2D eigenvalue weighted by molar-refractivity contribution is -0.138. The molecule has 2 aromatic rings. The molecule has 2 aromatic carbocycles. The van der Waals surface area contributed by atoms with Crippen LogP contribution in [0.5, 0.6) is 23.0 Å². The lowest BCUT2D eigenvalue weighted by Gasteiger charge is -2.35. The number of benzene rings is 2. The van der Waals surface area contributed by atoms with E-state index in [0.29, 0.717) is 61.2 Å².